The van der Waals surface area contributed by atoms with Crippen LogP contribution >= 0.6 is 0 Å². The predicted octanol–water partition coefficient (Wildman–Crippen LogP) is 0.859. The zero-order valence-corrected chi connectivity index (χ0v) is 14.2. The van der Waals surface area contributed by atoms with Crippen LogP contribution in [0.15, 0.2) is 35.3 Å². The lowest BCUT2D eigenvalue weighted by Gasteiger charge is -2.31. The highest BCUT2D eigenvalue weighted by Crippen LogP contribution is 2.20. The molecule has 1 fully saturated rings. The fraction of sp³-hybridized carbons (Fsp3) is 0.412. The van der Waals surface area contributed by atoms with E-state index in [9.17, 15) is 9.59 Å². The van der Waals surface area contributed by atoms with Gasteiger partial charge in [-0.05, 0) is 12.0 Å². The molecule has 2 aliphatic rings. The zero-order chi connectivity index (χ0) is 17.3. The van der Waals surface area contributed by atoms with Gasteiger partial charge >= 0.3 is 12.0 Å². The minimum Gasteiger partial charge on any atom is -0.275 e. The predicted molar refractivity (Wildman–Crippen MR) is 90.9 cm³/mol. The third kappa shape index (κ3) is 2.66. The van der Waals surface area contributed by atoms with Gasteiger partial charge in [0.15, 0.2) is 0 Å². The van der Waals surface area contributed by atoms with Crippen molar-refractivity contribution in [3.8, 4) is 0 Å². The summed E-state index contributed by atoms with van der Waals surface area (Å²) in [5.41, 5.74) is 1.08. The van der Waals surface area contributed by atoms with Crippen molar-refractivity contribution in [1.29, 1.82) is 0 Å². The first-order valence-corrected chi connectivity index (χ1v) is 8.09. The average Bonchev–Trinajstić information content (AvgIpc) is 2.95. The minimum atomic E-state index is -0.572. The van der Waals surface area contributed by atoms with Crippen molar-refractivity contribution >= 4 is 23.7 Å². The molecule has 3 amide bonds. The number of imide groups is 1. The summed E-state index contributed by atoms with van der Waals surface area (Å²) in [5, 5.41) is 3.28. The van der Waals surface area contributed by atoms with Crippen molar-refractivity contribution in [3.05, 3.63) is 35.9 Å². The molecule has 2 aliphatic heterocycles. The molecule has 1 atom stereocenters. The summed E-state index contributed by atoms with van der Waals surface area (Å²) in [6.07, 6.45) is 0.945. The normalized spacial score (nSPS) is 20.5. The SMILES string of the molecule is CCCNC1=[N+](Cc2ccccc2)C2C(=O)N(C)C(=O)N(C)C2=N1. The fourth-order valence-corrected chi connectivity index (χ4v) is 2.92. The van der Waals surface area contributed by atoms with Crippen molar-refractivity contribution in [2.45, 2.75) is 25.9 Å². The van der Waals surface area contributed by atoms with Crippen LogP contribution in [-0.4, -0.2) is 64.8 Å². The Labute approximate surface area is 141 Å². The van der Waals surface area contributed by atoms with E-state index in [2.05, 4.69) is 17.2 Å². The van der Waals surface area contributed by atoms with E-state index >= 15 is 0 Å². The van der Waals surface area contributed by atoms with Gasteiger partial charge in [-0.3, -0.25) is 19.9 Å². The molecule has 0 bridgehead atoms. The molecule has 0 aromatic heterocycles. The van der Waals surface area contributed by atoms with Crippen LogP contribution in [0.5, 0.6) is 0 Å². The first kappa shape index (κ1) is 16.2. The summed E-state index contributed by atoms with van der Waals surface area (Å²) in [7, 11) is 3.16. The van der Waals surface area contributed by atoms with Gasteiger partial charge in [0, 0.05) is 14.1 Å². The van der Waals surface area contributed by atoms with Crippen LogP contribution in [0, 0.1) is 0 Å². The molecule has 0 saturated carbocycles. The molecule has 1 saturated heterocycles. The van der Waals surface area contributed by atoms with Gasteiger partial charge in [0.1, 0.15) is 0 Å². The van der Waals surface area contributed by atoms with Gasteiger partial charge in [0.2, 0.25) is 11.9 Å². The Balaban J connectivity index is 1.99. The zero-order valence-electron chi connectivity index (χ0n) is 14.2. The van der Waals surface area contributed by atoms with Gasteiger partial charge in [0.25, 0.3) is 5.91 Å². The number of aliphatic imine (C=N–C) groups is 1. The third-order valence-electron chi connectivity index (χ3n) is 4.26. The Morgan fingerprint density at radius 1 is 1.17 bits per heavy atom. The number of hydrogen-bond acceptors (Lipinski definition) is 4. The Kier molecular flexibility index (Phi) is 4.33. The van der Waals surface area contributed by atoms with Crippen LogP contribution in [0.3, 0.4) is 0 Å². The number of fused-ring (bicyclic) bond motifs is 1. The van der Waals surface area contributed by atoms with Crippen molar-refractivity contribution < 1.29 is 14.2 Å². The van der Waals surface area contributed by atoms with E-state index in [1.54, 1.807) is 7.05 Å². The molecule has 7 nitrogen and oxygen atoms in total. The van der Waals surface area contributed by atoms with Gasteiger partial charge in [0.05, 0.1) is 13.1 Å². The molecule has 24 heavy (non-hydrogen) atoms. The van der Waals surface area contributed by atoms with Crippen LogP contribution in [0.2, 0.25) is 0 Å². The molecule has 0 radical (unpaired) electrons. The highest BCUT2D eigenvalue weighted by Gasteiger charge is 2.51. The summed E-state index contributed by atoms with van der Waals surface area (Å²) in [4.78, 5) is 32.0. The average molecular weight is 328 g/mol. The lowest BCUT2D eigenvalue weighted by atomic mass is 10.1. The molecule has 0 spiro atoms. The van der Waals surface area contributed by atoms with Gasteiger partial charge < -0.3 is 0 Å². The van der Waals surface area contributed by atoms with Gasteiger partial charge in [-0.15, -0.1) is 0 Å². The lowest BCUT2D eigenvalue weighted by molar-refractivity contribution is -0.553. The van der Waals surface area contributed by atoms with Gasteiger partial charge in [-0.1, -0.05) is 42.2 Å². The topological polar surface area (TPSA) is 68.0 Å². The number of guanidine groups is 1. The van der Waals surface area contributed by atoms with Crippen LogP contribution in [0.25, 0.3) is 0 Å². The van der Waals surface area contributed by atoms with E-state index in [0.29, 0.717) is 18.3 Å². The van der Waals surface area contributed by atoms with Gasteiger partial charge in [-0.2, -0.15) is 0 Å². The van der Waals surface area contributed by atoms with Crippen LogP contribution in [0.1, 0.15) is 18.9 Å². The molecule has 1 unspecified atom stereocenters. The number of hydrogen-bond donors (Lipinski definition) is 1. The van der Waals surface area contributed by atoms with Gasteiger partial charge in [-0.25, -0.2) is 9.37 Å². The summed E-state index contributed by atoms with van der Waals surface area (Å²) in [5.74, 6) is 0.878. The number of benzene rings is 1. The molecule has 1 aromatic rings. The minimum absolute atomic E-state index is 0.249. The van der Waals surface area contributed by atoms with Crippen molar-refractivity contribution in [3.63, 3.8) is 0 Å². The standard InChI is InChI=1S/C17H21N5O2/c1-4-10-18-16-19-14-13(15(23)21(3)17(24)20(14)2)22(16)11-12-8-6-5-7-9-12/h5-9,13H,4,10-11H2,1-3H3/p+1. The molecule has 1 aromatic carbocycles. The van der Waals surface area contributed by atoms with E-state index in [-0.39, 0.29) is 11.9 Å². The van der Waals surface area contributed by atoms with E-state index in [1.165, 1.54) is 11.9 Å². The Morgan fingerprint density at radius 3 is 2.54 bits per heavy atom. The Hall–Kier alpha value is -2.70. The van der Waals surface area contributed by atoms with E-state index in [0.717, 1.165) is 23.4 Å². The molecule has 1 N–H and O–H groups in total. The summed E-state index contributed by atoms with van der Waals surface area (Å²) < 4.78 is 1.93. The van der Waals surface area contributed by atoms with E-state index in [4.69, 9.17) is 0 Å². The number of likely N-dealkylation sites (N-methyl/N-ethyl adjacent to an activating group) is 2. The summed E-state index contributed by atoms with van der Waals surface area (Å²) >= 11 is 0. The molecule has 0 aliphatic carbocycles. The quantitative estimate of drug-likeness (QED) is 0.834. The second-order valence-corrected chi connectivity index (χ2v) is 5.98. The Morgan fingerprint density at radius 2 is 1.88 bits per heavy atom. The summed E-state index contributed by atoms with van der Waals surface area (Å²) in [6, 6.07) is 9.00. The van der Waals surface area contributed by atoms with Crippen LogP contribution in [0.4, 0.5) is 4.79 Å². The number of nitrogens with zero attached hydrogens (tertiary/aromatic N) is 4. The van der Waals surface area contributed by atoms with Crippen molar-refractivity contribution in [2.24, 2.45) is 4.99 Å². The van der Waals surface area contributed by atoms with Crippen molar-refractivity contribution in [1.82, 2.24) is 15.1 Å². The molecule has 2 heterocycles. The number of carbonyl (C=O) groups excluding carboxylic acids is 2. The molecule has 126 valence electrons. The highest BCUT2D eigenvalue weighted by atomic mass is 16.2. The van der Waals surface area contributed by atoms with E-state index < -0.39 is 6.04 Å². The highest BCUT2D eigenvalue weighted by molar-refractivity contribution is 6.22. The first-order valence-electron chi connectivity index (χ1n) is 8.09. The number of amidine groups is 1. The number of urea groups is 1. The van der Waals surface area contributed by atoms with Crippen molar-refractivity contribution in [2.75, 3.05) is 20.6 Å². The Bertz CT molecular complexity index is 726. The fourth-order valence-electron chi connectivity index (χ4n) is 2.92. The molecular weight excluding hydrogens is 306 g/mol. The largest absolute Gasteiger partial charge is 0.390 e. The second kappa shape index (κ2) is 6.43. The maximum absolute atomic E-state index is 12.7. The van der Waals surface area contributed by atoms with E-state index in [1.807, 2.05) is 34.9 Å². The monoisotopic (exact) mass is 328 g/mol. The number of amides is 3. The van der Waals surface area contributed by atoms with Crippen LogP contribution < -0.4 is 5.32 Å². The number of nitrogens with one attached hydrogen (secondary N) is 1. The maximum atomic E-state index is 12.7. The second-order valence-electron chi connectivity index (χ2n) is 5.98. The first-order chi connectivity index (χ1) is 11.5. The molecular formula is C17H22N5O2+. The third-order valence-corrected chi connectivity index (χ3v) is 4.26. The lowest BCUT2D eigenvalue weighted by Crippen LogP contribution is -2.61. The summed E-state index contributed by atoms with van der Waals surface area (Å²) in [6.45, 7) is 3.37. The molecule has 7 heteroatoms. The smallest absolute Gasteiger partial charge is 0.275 e. The number of rotatable bonds is 4. The maximum Gasteiger partial charge on any atom is 0.390 e. The molecule has 3 rings (SSSR count). The van der Waals surface area contributed by atoms with Crippen LogP contribution in [-0.2, 0) is 11.3 Å². The number of carbonyl (C=O) groups is 2.